The molecule has 0 spiro atoms. The monoisotopic (exact) mass is 680 g/mol. The third-order valence-electron chi connectivity index (χ3n) is 8.29. The van der Waals surface area contributed by atoms with Crippen LogP contribution >= 0.6 is 15.9 Å². The molecule has 3 atom stereocenters. The molecule has 44 heavy (non-hydrogen) atoms. The second-order valence-corrected chi connectivity index (χ2v) is 13.1. The van der Waals surface area contributed by atoms with Gasteiger partial charge in [-0.3, -0.25) is 9.59 Å². The van der Waals surface area contributed by atoms with E-state index >= 15 is 0 Å². The van der Waals surface area contributed by atoms with Crippen LogP contribution in [0.2, 0.25) is 0 Å². The van der Waals surface area contributed by atoms with Gasteiger partial charge in [0.1, 0.15) is 28.3 Å². The molecule has 10 nitrogen and oxygen atoms in total. The van der Waals surface area contributed by atoms with E-state index in [0.29, 0.717) is 59.7 Å². The van der Waals surface area contributed by atoms with Crippen LogP contribution < -0.4 is 15.6 Å². The number of amides is 2. The van der Waals surface area contributed by atoms with Crippen LogP contribution in [0.5, 0.6) is 0 Å². The Balaban J connectivity index is 1.37. The zero-order valence-electron chi connectivity index (χ0n) is 24.3. The van der Waals surface area contributed by atoms with Gasteiger partial charge in [-0.2, -0.15) is 13.2 Å². The van der Waals surface area contributed by atoms with Crippen molar-refractivity contribution in [2.75, 3.05) is 23.3 Å². The summed E-state index contributed by atoms with van der Waals surface area (Å²) in [5, 5.41) is 2.35. The van der Waals surface area contributed by atoms with Gasteiger partial charge >= 0.3 is 12.3 Å². The van der Waals surface area contributed by atoms with E-state index in [1.807, 2.05) is 4.90 Å². The van der Waals surface area contributed by atoms with E-state index in [-0.39, 0.29) is 34.6 Å². The summed E-state index contributed by atoms with van der Waals surface area (Å²) < 4.78 is 61.1. The minimum atomic E-state index is -4.74. The minimum Gasteiger partial charge on any atom is -0.444 e. The number of halogens is 5. The lowest BCUT2D eigenvalue weighted by molar-refractivity contribution is -0.137. The van der Waals surface area contributed by atoms with Crippen LogP contribution in [0, 0.1) is 18.7 Å². The molecule has 3 aliphatic rings. The number of carbonyl (C=O) groups excluding carboxylic acids is 2. The molecule has 1 aliphatic carbocycles. The minimum absolute atomic E-state index is 0.0265. The number of aromatic nitrogens is 3. The number of benzene rings is 1. The number of carbonyl (C=O) groups is 2. The van der Waals surface area contributed by atoms with Crippen LogP contribution in [0.4, 0.5) is 33.7 Å². The van der Waals surface area contributed by atoms with E-state index in [1.165, 1.54) is 0 Å². The number of hydrogen-bond donors (Lipinski definition) is 1. The van der Waals surface area contributed by atoms with Gasteiger partial charge in [-0.1, -0.05) is 0 Å². The highest BCUT2D eigenvalue weighted by Gasteiger charge is 2.55. The van der Waals surface area contributed by atoms with Gasteiger partial charge < -0.3 is 24.4 Å². The van der Waals surface area contributed by atoms with Crippen LogP contribution in [0.1, 0.15) is 44.1 Å². The standard InChI is InChI=1S/C29H29BrF4N6O4/c1-13-25(30)37-21-24(42)23-19(10-14-9-18-22(14)39(23)8-7-38(18)27(43)44-28(2,3)4)40(26(21)35-13)12-20(41)36-17-6-5-15(11-16(17)31)29(32,33)34/h5-6,11,14,18,22H,7-10,12H2,1-4H3,(H,36,41)/t14?,18-,22-/m0/s1. The molecule has 1 N–H and O–H groups in total. The maximum absolute atomic E-state index is 14.5. The molecule has 1 saturated carbocycles. The van der Waals surface area contributed by atoms with Gasteiger partial charge in [0.2, 0.25) is 11.3 Å². The first-order chi connectivity index (χ1) is 20.5. The van der Waals surface area contributed by atoms with Gasteiger partial charge in [-0.25, -0.2) is 19.2 Å². The summed E-state index contributed by atoms with van der Waals surface area (Å²) in [7, 11) is 0. The molecule has 0 radical (unpaired) electrons. The SMILES string of the molecule is Cc1nc2c(nc1Br)c(=O)c1c(n2CC(=O)Nc2ccc(C(F)(F)F)cc2F)CC2C[C@H]3[C@H]2N1CCN3C(=O)OC(C)(C)C. The Morgan fingerprint density at radius 2 is 1.89 bits per heavy atom. The van der Waals surface area contributed by atoms with Crippen LogP contribution in [0.15, 0.2) is 27.6 Å². The molecule has 1 saturated heterocycles. The van der Waals surface area contributed by atoms with E-state index < -0.39 is 47.4 Å². The van der Waals surface area contributed by atoms with E-state index in [0.717, 1.165) is 6.07 Å². The first-order valence-corrected chi connectivity index (χ1v) is 14.8. The highest BCUT2D eigenvalue weighted by atomic mass is 79.9. The van der Waals surface area contributed by atoms with E-state index in [2.05, 4.69) is 31.2 Å². The van der Waals surface area contributed by atoms with Gasteiger partial charge in [-0.15, -0.1) is 0 Å². The molecule has 3 aromatic rings. The predicted molar refractivity (Wildman–Crippen MR) is 156 cm³/mol. The maximum atomic E-state index is 14.5. The normalized spacial score (nSPS) is 21.0. The van der Waals surface area contributed by atoms with Gasteiger partial charge in [-0.05, 0) is 80.6 Å². The van der Waals surface area contributed by atoms with E-state index in [9.17, 15) is 31.9 Å². The Kier molecular flexibility index (Phi) is 7.17. The van der Waals surface area contributed by atoms with Crippen LogP contribution in [0.3, 0.4) is 0 Å². The highest BCUT2D eigenvalue weighted by Crippen LogP contribution is 2.47. The maximum Gasteiger partial charge on any atom is 0.416 e. The van der Waals surface area contributed by atoms with Crippen molar-refractivity contribution in [2.24, 2.45) is 5.92 Å². The van der Waals surface area contributed by atoms with E-state index in [1.54, 1.807) is 37.2 Å². The summed E-state index contributed by atoms with van der Waals surface area (Å²) >= 11 is 3.33. The zero-order valence-corrected chi connectivity index (χ0v) is 25.8. The molecule has 2 aromatic heterocycles. The van der Waals surface area contributed by atoms with Crippen molar-refractivity contribution < 1.29 is 31.9 Å². The molecule has 2 aliphatic heterocycles. The first-order valence-electron chi connectivity index (χ1n) is 14.1. The molecule has 234 valence electrons. The lowest BCUT2D eigenvalue weighted by Gasteiger charge is -2.60. The second-order valence-electron chi connectivity index (χ2n) is 12.3. The molecular weight excluding hydrogens is 652 g/mol. The number of piperazine rings is 1. The summed E-state index contributed by atoms with van der Waals surface area (Å²) in [6, 6.07) is 1.59. The van der Waals surface area contributed by atoms with Crippen molar-refractivity contribution in [1.29, 1.82) is 0 Å². The third-order valence-corrected chi connectivity index (χ3v) is 9.04. The van der Waals surface area contributed by atoms with Crippen LogP contribution in [0.25, 0.3) is 11.2 Å². The molecule has 15 heteroatoms. The third kappa shape index (κ3) is 5.18. The lowest BCUT2D eigenvalue weighted by atomic mass is 9.67. The fourth-order valence-electron chi connectivity index (χ4n) is 6.40. The largest absolute Gasteiger partial charge is 0.444 e. The van der Waals surface area contributed by atoms with E-state index in [4.69, 9.17) is 4.74 Å². The first kappa shape index (κ1) is 30.3. The van der Waals surface area contributed by atoms with Gasteiger partial charge in [0.15, 0.2) is 11.2 Å². The number of aryl methyl sites for hydroxylation is 1. The second kappa shape index (κ2) is 10.4. The number of ether oxygens (including phenoxy) is 1. The number of nitrogens with one attached hydrogen (secondary N) is 1. The van der Waals surface area contributed by atoms with Crippen LogP contribution in [-0.4, -0.2) is 62.2 Å². The number of alkyl halides is 3. The Bertz CT molecular complexity index is 1770. The fourth-order valence-corrected chi connectivity index (χ4v) is 6.66. The summed E-state index contributed by atoms with van der Waals surface area (Å²) in [4.78, 5) is 52.9. The highest BCUT2D eigenvalue weighted by molar-refractivity contribution is 9.10. The molecular formula is C29H29BrF4N6O4. The van der Waals surface area contributed by atoms with Crippen molar-refractivity contribution in [2.45, 2.75) is 70.9 Å². The van der Waals surface area contributed by atoms with Crippen molar-refractivity contribution in [3.8, 4) is 0 Å². The van der Waals surface area contributed by atoms with Crippen molar-refractivity contribution in [3.05, 3.63) is 55.8 Å². The molecule has 1 unspecified atom stereocenters. The Morgan fingerprint density at radius 1 is 1.16 bits per heavy atom. The predicted octanol–water partition coefficient (Wildman–Crippen LogP) is 5.03. The molecule has 4 heterocycles. The van der Waals surface area contributed by atoms with Crippen LogP contribution in [-0.2, 0) is 28.7 Å². The topological polar surface area (TPSA) is 110 Å². The quantitative estimate of drug-likeness (QED) is 0.387. The average molecular weight is 681 g/mol. The average Bonchev–Trinajstić information content (AvgIpc) is 2.90. The lowest BCUT2D eigenvalue weighted by Crippen LogP contribution is -2.72. The number of fused-ring (bicyclic) bond motifs is 3. The smallest absolute Gasteiger partial charge is 0.416 e. The summed E-state index contributed by atoms with van der Waals surface area (Å²) in [5.74, 6) is -1.88. The molecule has 0 bridgehead atoms. The molecule has 2 fully saturated rings. The Hall–Kier alpha value is -3.75. The number of hydrogen-bond acceptors (Lipinski definition) is 7. The molecule has 1 aromatic carbocycles. The number of rotatable bonds is 3. The zero-order chi connectivity index (χ0) is 31.9. The van der Waals surface area contributed by atoms with Crippen molar-refractivity contribution in [3.63, 3.8) is 0 Å². The number of pyridine rings is 1. The van der Waals surface area contributed by atoms with Gasteiger partial charge in [0.25, 0.3) is 0 Å². The Labute approximate surface area is 257 Å². The summed E-state index contributed by atoms with van der Waals surface area (Å²) in [5.41, 5.74) is -1.00. The number of anilines is 2. The Morgan fingerprint density at radius 3 is 2.55 bits per heavy atom. The van der Waals surface area contributed by atoms with Gasteiger partial charge in [0, 0.05) is 18.8 Å². The molecule has 2 amide bonds. The van der Waals surface area contributed by atoms with Crippen molar-refractivity contribution >= 4 is 50.5 Å². The molecule has 6 rings (SSSR count). The summed E-state index contributed by atoms with van der Waals surface area (Å²) in [6.07, 6.45) is -4.06. The van der Waals surface area contributed by atoms with Gasteiger partial charge in [0.05, 0.1) is 29.0 Å². The number of nitrogens with zero attached hydrogens (tertiary/aromatic N) is 5. The fraction of sp³-hybridized carbons (Fsp3) is 0.483. The summed E-state index contributed by atoms with van der Waals surface area (Å²) in [6.45, 7) is 7.39. The van der Waals surface area contributed by atoms with Crippen molar-refractivity contribution in [1.82, 2.24) is 19.4 Å².